The van der Waals surface area contributed by atoms with Gasteiger partial charge in [0.2, 0.25) is 0 Å². The zero-order chi connectivity index (χ0) is 12.1. The van der Waals surface area contributed by atoms with Crippen LogP contribution < -0.4 is 10.1 Å². The van der Waals surface area contributed by atoms with Crippen LogP contribution in [-0.2, 0) is 13.1 Å². The molecule has 0 fully saturated rings. The summed E-state index contributed by atoms with van der Waals surface area (Å²) in [5.41, 5.74) is 1.33. The van der Waals surface area contributed by atoms with Gasteiger partial charge in [-0.05, 0) is 43.3 Å². The topological polar surface area (TPSA) is 25.8 Å². The van der Waals surface area contributed by atoms with Gasteiger partial charge in [0.05, 0.1) is 12.0 Å². The second-order valence-electron chi connectivity index (χ2n) is 4.06. The molecule has 2 rings (SSSR count). The van der Waals surface area contributed by atoms with Gasteiger partial charge in [0.1, 0.15) is 18.8 Å². The number of hydrogen-bond donors (Lipinski definition) is 1. The van der Waals surface area contributed by atoms with Gasteiger partial charge < -0.3 is 10.1 Å². The van der Waals surface area contributed by atoms with E-state index in [2.05, 4.69) is 36.5 Å². The molecule has 0 aliphatic rings. The number of thiophene rings is 1. The summed E-state index contributed by atoms with van der Waals surface area (Å²) in [5.74, 6) is 0.919. The monoisotopic (exact) mass is 248 g/mol. The molecule has 0 aliphatic carbocycles. The SMILES string of the molecule is COc1ccc(C[NH2+]Cc2ccc(C)s2)cc1. The van der Waals surface area contributed by atoms with Gasteiger partial charge in [-0.2, -0.15) is 0 Å². The Kier molecular flexibility index (Phi) is 4.18. The Labute approximate surface area is 106 Å². The molecule has 0 bridgehead atoms. The number of quaternary nitrogens is 1. The Hall–Kier alpha value is -1.32. The lowest BCUT2D eigenvalue weighted by Gasteiger charge is -2.02. The quantitative estimate of drug-likeness (QED) is 0.863. The van der Waals surface area contributed by atoms with E-state index in [4.69, 9.17) is 4.74 Å². The first-order valence-electron chi connectivity index (χ1n) is 5.78. The molecule has 1 aromatic carbocycles. The number of nitrogens with two attached hydrogens (primary N) is 1. The second kappa shape index (κ2) is 5.84. The van der Waals surface area contributed by atoms with Crippen LogP contribution >= 0.6 is 11.3 Å². The van der Waals surface area contributed by atoms with Crippen molar-refractivity contribution in [3.05, 3.63) is 51.7 Å². The largest absolute Gasteiger partial charge is 0.497 e. The molecule has 0 radical (unpaired) electrons. The fourth-order valence-electron chi connectivity index (χ4n) is 1.74. The van der Waals surface area contributed by atoms with Crippen molar-refractivity contribution in [2.75, 3.05) is 7.11 Å². The molecular weight excluding hydrogens is 230 g/mol. The molecule has 3 heteroatoms. The van der Waals surface area contributed by atoms with E-state index in [9.17, 15) is 0 Å². The predicted octanol–water partition coefficient (Wildman–Crippen LogP) is 2.33. The average molecular weight is 248 g/mol. The molecule has 0 saturated carbocycles. The fraction of sp³-hybridized carbons (Fsp3) is 0.286. The van der Waals surface area contributed by atoms with Gasteiger partial charge in [0, 0.05) is 10.4 Å². The van der Waals surface area contributed by atoms with E-state index < -0.39 is 0 Å². The zero-order valence-electron chi connectivity index (χ0n) is 10.3. The van der Waals surface area contributed by atoms with Gasteiger partial charge in [-0.15, -0.1) is 11.3 Å². The van der Waals surface area contributed by atoms with Gasteiger partial charge in [0.15, 0.2) is 0 Å². The maximum atomic E-state index is 5.14. The van der Waals surface area contributed by atoms with Crippen molar-refractivity contribution in [2.24, 2.45) is 0 Å². The lowest BCUT2D eigenvalue weighted by atomic mass is 10.2. The number of rotatable bonds is 5. The van der Waals surface area contributed by atoms with E-state index in [1.54, 1.807) is 7.11 Å². The average Bonchev–Trinajstić information content (AvgIpc) is 2.76. The third kappa shape index (κ3) is 3.58. The summed E-state index contributed by atoms with van der Waals surface area (Å²) in [6, 6.07) is 12.7. The predicted molar refractivity (Wildman–Crippen MR) is 71.4 cm³/mol. The van der Waals surface area contributed by atoms with E-state index in [0.717, 1.165) is 18.8 Å². The molecule has 0 spiro atoms. The molecule has 1 heterocycles. The van der Waals surface area contributed by atoms with Crippen molar-refractivity contribution in [2.45, 2.75) is 20.0 Å². The van der Waals surface area contributed by atoms with Crippen LogP contribution in [0.3, 0.4) is 0 Å². The van der Waals surface area contributed by atoms with Crippen LogP contribution in [0.2, 0.25) is 0 Å². The second-order valence-corrected chi connectivity index (χ2v) is 5.43. The molecule has 0 unspecified atom stereocenters. The van der Waals surface area contributed by atoms with Gasteiger partial charge in [0.25, 0.3) is 0 Å². The lowest BCUT2D eigenvalue weighted by molar-refractivity contribution is -0.685. The van der Waals surface area contributed by atoms with Gasteiger partial charge in [-0.25, -0.2) is 0 Å². The van der Waals surface area contributed by atoms with Crippen molar-refractivity contribution in [1.29, 1.82) is 0 Å². The number of hydrogen-bond acceptors (Lipinski definition) is 2. The van der Waals surface area contributed by atoms with Crippen molar-refractivity contribution in [1.82, 2.24) is 0 Å². The third-order valence-electron chi connectivity index (χ3n) is 2.68. The summed E-state index contributed by atoms with van der Waals surface area (Å²) in [5, 5.41) is 2.33. The minimum atomic E-state index is 0.919. The zero-order valence-corrected chi connectivity index (χ0v) is 11.1. The van der Waals surface area contributed by atoms with Crippen LogP contribution in [0.1, 0.15) is 15.3 Å². The Balaban J connectivity index is 1.81. The normalized spacial score (nSPS) is 10.5. The fourth-order valence-corrected chi connectivity index (χ4v) is 2.62. The highest BCUT2D eigenvalue weighted by Crippen LogP contribution is 2.13. The molecule has 2 nitrogen and oxygen atoms in total. The smallest absolute Gasteiger partial charge is 0.118 e. The highest BCUT2D eigenvalue weighted by Gasteiger charge is 2.00. The standard InChI is InChI=1S/C14H17NOS/c1-11-3-8-14(17-11)10-15-9-12-4-6-13(16-2)7-5-12/h3-8,15H,9-10H2,1-2H3/p+1. The summed E-state index contributed by atoms with van der Waals surface area (Å²) in [7, 11) is 1.69. The summed E-state index contributed by atoms with van der Waals surface area (Å²) >= 11 is 1.88. The van der Waals surface area contributed by atoms with Crippen molar-refractivity contribution >= 4 is 11.3 Å². The van der Waals surface area contributed by atoms with Crippen molar-refractivity contribution in [3.63, 3.8) is 0 Å². The third-order valence-corrected chi connectivity index (χ3v) is 3.70. The highest BCUT2D eigenvalue weighted by atomic mass is 32.1. The number of ether oxygens (including phenoxy) is 1. The van der Waals surface area contributed by atoms with Crippen LogP contribution in [-0.4, -0.2) is 7.11 Å². The maximum Gasteiger partial charge on any atom is 0.118 e. The summed E-state index contributed by atoms with van der Waals surface area (Å²) < 4.78 is 5.14. The first kappa shape index (κ1) is 12.1. The number of benzene rings is 1. The molecule has 0 saturated heterocycles. The minimum absolute atomic E-state index is 0.919. The van der Waals surface area contributed by atoms with Gasteiger partial charge in [-0.3, -0.25) is 0 Å². The molecule has 90 valence electrons. The van der Waals surface area contributed by atoms with Crippen LogP contribution in [0.25, 0.3) is 0 Å². The van der Waals surface area contributed by atoms with Gasteiger partial charge in [-0.1, -0.05) is 0 Å². The minimum Gasteiger partial charge on any atom is -0.497 e. The van der Waals surface area contributed by atoms with Crippen LogP contribution in [0.5, 0.6) is 5.75 Å². The number of aryl methyl sites for hydroxylation is 1. The van der Waals surface area contributed by atoms with Crippen LogP contribution in [0.15, 0.2) is 36.4 Å². The first-order valence-corrected chi connectivity index (χ1v) is 6.59. The van der Waals surface area contributed by atoms with E-state index >= 15 is 0 Å². The van der Waals surface area contributed by atoms with Crippen LogP contribution in [0, 0.1) is 6.92 Å². The molecule has 1 aromatic heterocycles. The summed E-state index contributed by atoms with van der Waals surface area (Å²) in [6.07, 6.45) is 0. The van der Waals surface area contributed by atoms with Crippen molar-refractivity contribution in [3.8, 4) is 5.75 Å². The maximum absolute atomic E-state index is 5.14. The lowest BCUT2D eigenvalue weighted by Crippen LogP contribution is -2.80. The van der Waals surface area contributed by atoms with Crippen molar-refractivity contribution < 1.29 is 10.1 Å². The molecular formula is C14H18NOS+. The molecule has 0 amide bonds. The number of methoxy groups -OCH3 is 1. The van der Waals surface area contributed by atoms with E-state index in [1.165, 1.54) is 15.3 Å². The Bertz CT molecular complexity index is 461. The Morgan fingerprint density at radius 3 is 2.41 bits per heavy atom. The highest BCUT2D eigenvalue weighted by molar-refractivity contribution is 7.11. The van der Waals surface area contributed by atoms with Gasteiger partial charge >= 0.3 is 0 Å². The summed E-state index contributed by atoms with van der Waals surface area (Å²) in [6.45, 7) is 4.23. The van der Waals surface area contributed by atoms with E-state index in [1.807, 2.05) is 23.5 Å². The molecule has 0 aliphatic heterocycles. The molecule has 0 atom stereocenters. The van der Waals surface area contributed by atoms with E-state index in [-0.39, 0.29) is 0 Å². The summed E-state index contributed by atoms with van der Waals surface area (Å²) in [4.78, 5) is 2.83. The first-order chi connectivity index (χ1) is 8.28. The Morgan fingerprint density at radius 2 is 1.82 bits per heavy atom. The Morgan fingerprint density at radius 1 is 1.06 bits per heavy atom. The molecule has 17 heavy (non-hydrogen) atoms. The van der Waals surface area contributed by atoms with Crippen LogP contribution in [0.4, 0.5) is 0 Å². The molecule has 2 aromatic rings. The molecule has 2 N–H and O–H groups in total. The van der Waals surface area contributed by atoms with E-state index in [0.29, 0.717) is 0 Å².